The lowest BCUT2D eigenvalue weighted by Gasteiger charge is -2.20. The number of benzene rings is 1. The summed E-state index contributed by atoms with van der Waals surface area (Å²) in [4.78, 5) is 13.7. The van der Waals surface area contributed by atoms with E-state index in [1.807, 2.05) is 17.5 Å². The molecule has 1 aliphatic rings. The molecule has 1 aromatic carbocycles. The molecule has 138 valence electrons. The molecule has 1 amide bonds. The molecule has 1 aliphatic heterocycles. The average Bonchev–Trinajstić information content (AvgIpc) is 3.40. The van der Waals surface area contributed by atoms with Gasteiger partial charge in [0.25, 0.3) is 5.91 Å². The van der Waals surface area contributed by atoms with Crippen molar-refractivity contribution in [2.24, 2.45) is 5.10 Å². The summed E-state index contributed by atoms with van der Waals surface area (Å²) in [6.45, 7) is -0.417. The van der Waals surface area contributed by atoms with Crippen LogP contribution in [-0.4, -0.2) is 23.2 Å². The second-order valence-electron chi connectivity index (χ2n) is 5.86. The third-order valence-corrected chi connectivity index (χ3v) is 5.06. The molecule has 0 fully saturated rings. The summed E-state index contributed by atoms with van der Waals surface area (Å²) in [7, 11) is 0. The van der Waals surface area contributed by atoms with E-state index in [2.05, 4.69) is 5.10 Å². The Bertz CT molecular complexity index is 971. The monoisotopic (exact) mass is 388 g/mol. The van der Waals surface area contributed by atoms with E-state index in [1.54, 1.807) is 18.4 Å². The highest BCUT2D eigenvalue weighted by Gasteiger charge is 2.34. The standard InChI is InChI=1S/C19H14F2N2O3S/c20-12-5-6-16(13(21)9-12)26-11-19(24)23-15(18-4-2-8-27-18)10-14(22-23)17-3-1-7-25-17/h1-9,15H,10-11H2. The SMILES string of the molecule is O=C(COc1ccc(F)cc1F)N1N=C(c2ccco2)CC1c1cccs1. The van der Waals surface area contributed by atoms with Crippen LogP contribution in [0.3, 0.4) is 0 Å². The minimum absolute atomic E-state index is 0.188. The highest BCUT2D eigenvalue weighted by molar-refractivity contribution is 7.10. The van der Waals surface area contributed by atoms with E-state index >= 15 is 0 Å². The number of furan rings is 1. The first kappa shape index (κ1) is 17.4. The normalized spacial score (nSPS) is 16.4. The van der Waals surface area contributed by atoms with Crippen molar-refractivity contribution in [1.29, 1.82) is 0 Å². The number of amides is 1. The molecule has 0 saturated carbocycles. The van der Waals surface area contributed by atoms with Gasteiger partial charge in [-0.3, -0.25) is 4.79 Å². The number of carbonyl (C=O) groups excluding carboxylic acids is 1. The van der Waals surface area contributed by atoms with Gasteiger partial charge in [-0.15, -0.1) is 11.3 Å². The minimum Gasteiger partial charge on any atom is -0.481 e. The predicted octanol–water partition coefficient (Wildman–Crippen LogP) is 4.38. The molecule has 0 spiro atoms. The maximum atomic E-state index is 13.7. The lowest BCUT2D eigenvalue weighted by Crippen LogP contribution is -2.31. The van der Waals surface area contributed by atoms with Gasteiger partial charge in [0.2, 0.25) is 0 Å². The van der Waals surface area contributed by atoms with Gasteiger partial charge in [-0.2, -0.15) is 5.10 Å². The Kier molecular flexibility index (Phi) is 4.72. The third-order valence-electron chi connectivity index (χ3n) is 4.09. The maximum absolute atomic E-state index is 13.7. The molecule has 0 N–H and O–H groups in total. The van der Waals surface area contributed by atoms with Gasteiger partial charge in [0.05, 0.1) is 12.3 Å². The molecular weight excluding hydrogens is 374 g/mol. The van der Waals surface area contributed by atoms with Crippen molar-refractivity contribution in [1.82, 2.24) is 5.01 Å². The van der Waals surface area contributed by atoms with Crippen LogP contribution < -0.4 is 4.74 Å². The van der Waals surface area contributed by atoms with Crippen LogP contribution in [0.2, 0.25) is 0 Å². The van der Waals surface area contributed by atoms with E-state index in [0.717, 1.165) is 17.0 Å². The quantitative estimate of drug-likeness (QED) is 0.652. The fourth-order valence-corrected chi connectivity index (χ4v) is 3.64. The fourth-order valence-electron chi connectivity index (χ4n) is 2.83. The van der Waals surface area contributed by atoms with E-state index in [-0.39, 0.29) is 11.8 Å². The molecule has 4 rings (SSSR count). The first-order valence-corrected chi connectivity index (χ1v) is 9.04. The molecule has 0 radical (unpaired) electrons. The zero-order chi connectivity index (χ0) is 18.8. The van der Waals surface area contributed by atoms with Crippen LogP contribution in [0.15, 0.2) is 63.6 Å². The molecule has 0 bridgehead atoms. The Morgan fingerprint density at radius 3 is 2.89 bits per heavy atom. The second-order valence-corrected chi connectivity index (χ2v) is 6.84. The summed E-state index contributed by atoms with van der Waals surface area (Å²) < 4.78 is 37.3. The summed E-state index contributed by atoms with van der Waals surface area (Å²) in [5.41, 5.74) is 0.653. The fraction of sp³-hybridized carbons (Fsp3) is 0.158. The van der Waals surface area contributed by atoms with Crippen molar-refractivity contribution >= 4 is 23.0 Å². The van der Waals surface area contributed by atoms with E-state index < -0.39 is 24.1 Å². The van der Waals surface area contributed by atoms with Crippen molar-refractivity contribution in [2.45, 2.75) is 12.5 Å². The van der Waals surface area contributed by atoms with Crippen LogP contribution in [-0.2, 0) is 4.79 Å². The zero-order valence-electron chi connectivity index (χ0n) is 14.0. The molecule has 2 aromatic heterocycles. The highest BCUT2D eigenvalue weighted by atomic mass is 32.1. The number of thiophene rings is 1. The number of rotatable bonds is 5. The number of halogens is 2. The molecule has 5 nitrogen and oxygen atoms in total. The second kappa shape index (κ2) is 7.32. The van der Waals surface area contributed by atoms with Crippen LogP contribution in [0.25, 0.3) is 0 Å². The van der Waals surface area contributed by atoms with Gasteiger partial charge in [0.1, 0.15) is 17.3 Å². The number of nitrogens with zero attached hydrogens (tertiary/aromatic N) is 2. The van der Waals surface area contributed by atoms with Gasteiger partial charge in [0, 0.05) is 17.4 Å². The topological polar surface area (TPSA) is 55.0 Å². The molecule has 3 heterocycles. The largest absolute Gasteiger partial charge is 0.481 e. The number of hydrogen-bond acceptors (Lipinski definition) is 5. The van der Waals surface area contributed by atoms with Crippen molar-refractivity contribution < 1.29 is 22.7 Å². The molecular formula is C19H14F2N2O3S. The van der Waals surface area contributed by atoms with Gasteiger partial charge in [-0.25, -0.2) is 13.8 Å². The van der Waals surface area contributed by atoms with Gasteiger partial charge in [0.15, 0.2) is 18.2 Å². The molecule has 3 aromatic rings. The summed E-state index contributed by atoms with van der Waals surface area (Å²) in [5.74, 6) is -1.60. The Hall–Kier alpha value is -3.00. The summed E-state index contributed by atoms with van der Waals surface area (Å²) >= 11 is 1.52. The van der Waals surface area contributed by atoms with Crippen molar-refractivity contribution in [2.75, 3.05) is 6.61 Å². The number of carbonyl (C=O) groups is 1. The molecule has 8 heteroatoms. The van der Waals surface area contributed by atoms with Crippen molar-refractivity contribution in [3.05, 3.63) is 76.4 Å². The van der Waals surface area contributed by atoms with Crippen LogP contribution >= 0.6 is 11.3 Å². The first-order chi connectivity index (χ1) is 13.1. The number of hydrazone groups is 1. The van der Waals surface area contributed by atoms with Gasteiger partial charge >= 0.3 is 0 Å². The molecule has 1 unspecified atom stereocenters. The van der Waals surface area contributed by atoms with Gasteiger partial charge in [-0.1, -0.05) is 6.07 Å². The van der Waals surface area contributed by atoms with Crippen LogP contribution in [0.4, 0.5) is 8.78 Å². The summed E-state index contributed by atoms with van der Waals surface area (Å²) in [6.07, 6.45) is 2.05. The summed E-state index contributed by atoms with van der Waals surface area (Å²) in [6, 6.07) is 10.0. The third kappa shape index (κ3) is 3.61. The van der Waals surface area contributed by atoms with Crippen molar-refractivity contribution in [3.8, 4) is 5.75 Å². The lowest BCUT2D eigenvalue weighted by atomic mass is 10.1. The molecule has 27 heavy (non-hydrogen) atoms. The van der Waals surface area contributed by atoms with E-state index in [0.29, 0.717) is 24.0 Å². The van der Waals surface area contributed by atoms with Gasteiger partial charge < -0.3 is 9.15 Å². The molecule has 1 atom stereocenters. The van der Waals surface area contributed by atoms with E-state index in [1.165, 1.54) is 16.3 Å². The zero-order valence-corrected chi connectivity index (χ0v) is 14.8. The Labute approximate surface area is 157 Å². The van der Waals surface area contributed by atoms with Crippen molar-refractivity contribution in [3.63, 3.8) is 0 Å². The highest BCUT2D eigenvalue weighted by Crippen LogP contribution is 2.35. The first-order valence-electron chi connectivity index (χ1n) is 8.16. The predicted molar refractivity (Wildman–Crippen MR) is 95.6 cm³/mol. The van der Waals surface area contributed by atoms with Gasteiger partial charge in [-0.05, 0) is 35.7 Å². The minimum atomic E-state index is -0.862. The molecule has 0 saturated heterocycles. The number of hydrogen-bond donors (Lipinski definition) is 0. The van der Waals surface area contributed by atoms with Crippen LogP contribution in [0.5, 0.6) is 5.75 Å². The molecule has 0 aliphatic carbocycles. The van der Waals surface area contributed by atoms with E-state index in [9.17, 15) is 13.6 Å². The number of ether oxygens (including phenoxy) is 1. The smallest absolute Gasteiger partial charge is 0.281 e. The Morgan fingerprint density at radius 2 is 2.19 bits per heavy atom. The Balaban J connectivity index is 1.53. The maximum Gasteiger partial charge on any atom is 0.281 e. The Morgan fingerprint density at radius 1 is 1.30 bits per heavy atom. The summed E-state index contributed by atoms with van der Waals surface area (Å²) in [5, 5.41) is 7.66. The van der Waals surface area contributed by atoms with Crippen LogP contribution in [0, 0.1) is 11.6 Å². The van der Waals surface area contributed by atoms with E-state index in [4.69, 9.17) is 9.15 Å². The lowest BCUT2D eigenvalue weighted by molar-refractivity contribution is -0.135. The van der Waals surface area contributed by atoms with Crippen LogP contribution in [0.1, 0.15) is 23.1 Å². The average molecular weight is 388 g/mol.